The molecular formula is C8H9N3. The average Bonchev–Trinajstić information content (AvgIpc) is 2.07. The van der Waals surface area contributed by atoms with Gasteiger partial charge in [-0.15, -0.1) is 0 Å². The molecule has 3 nitrogen and oxygen atoms in total. The lowest BCUT2D eigenvalue weighted by atomic mass is 10.2. The van der Waals surface area contributed by atoms with Crippen molar-refractivity contribution in [1.82, 2.24) is 0 Å². The minimum absolute atomic E-state index is 0.542. The first kappa shape index (κ1) is 7.63. The smallest absolute Gasteiger partial charge is 0.0298 e. The zero-order chi connectivity index (χ0) is 7.94. The summed E-state index contributed by atoms with van der Waals surface area (Å²) in [5.74, 6) is 0. The molecule has 0 amide bonds. The summed E-state index contributed by atoms with van der Waals surface area (Å²) in [5.41, 5.74) is 9.21. The Balaban J connectivity index is 2.45. The summed E-state index contributed by atoms with van der Waals surface area (Å²) in [7, 11) is 0. The summed E-state index contributed by atoms with van der Waals surface area (Å²) < 4.78 is 0. The molecule has 1 aromatic rings. The van der Waals surface area contributed by atoms with Crippen LogP contribution in [0.25, 0.3) is 10.4 Å². The molecule has 0 aliphatic carbocycles. The van der Waals surface area contributed by atoms with Gasteiger partial charge in [-0.05, 0) is 17.5 Å². The van der Waals surface area contributed by atoms with E-state index in [1.165, 1.54) is 5.56 Å². The van der Waals surface area contributed by atoms with Crippen LogP contribution >= 0.6 is 0 Å². The third-order valence-corrected chi connectivity index (χ3v) is 1.41. The highest BCUT2D eigenvalue weighted by Gasteiger charge is 1.87. The van der Waals surface area contributed by atoms with Crippen molar-refractivity contribution in [3.63, 3.8) is 0 Å². The largest absolute Gasteiger partial charge is 0.0936 e. The Labute approximate surface area is 65.3 Å². The van der Waals surface area contributed by atoms with E-state index in [4.69, 9.17) is 5.53 Å². The van der Waals surface area contributed by atoms with Crippen LogP contribution in [0.15, 0.2) is 35.4 Å². The zero-order valence-electron chi connectivity index (χ0n) is 6.14. The maximum absolute atomic E-state index is 8.00. The van der Waals surface area contributed by atoms with E-state index in [9.17, 15) is 0 Å². The van der Waals surface area contributed by atoms with Gasteiger partial charge in [0.05, 0.1) is 0 Å². The van der Waals surface area contributed by atoms with Gasteiger partial charge in [-0.25, -0.2) is 0 Å². The molecule has 0 spiro atoms. The molecule has 11 heavy (non-hydrogen) atoms. The van der Waals surface area contributed by atoms with Crippen LogP contribution in [0, 0.1) is 0 Å². The first-order valence-corrected chi connectivity index (χ1v) is 3.48. The average molecular weight is 147 g/mol. The maximum atomic E-state index is 8.00. The summed E-state index contributed by atoms with van der Waals surface area (Å²) in [6, 6.07) is 9.97. The Kier molecular flexibility index (Phi) is 3.03. The predicted octanol–water partition coefficient (Wildman–Crippen LogP) is 2.54. The van der Waals surface area contributed by atoms with Gasteiger partial charge in [-0.2, -0.15) is 0 Å². The molecule has 0 saturated carbocycles. The van der Waals surface area contributed by atoms with Gasteiger partial charge in [-0.3, -0.25) is 0 Å². The van der Waals surface area contributed by atoms with E-state index in [-0.39, 0.29) is 0 Å². The SMILES string of the molecule is [N-]=[N+]=NCCc1ccccc1. The van der Waals surface area contributed by atoms with Crippen LogP contribution in [0.4, 0.5) is 0 Å². The molecule has 0 fully saturated rings. The quantitative estimate of drug-likeness (QED) is 0.358. The fourth-order valence-electron chi connectivity index (χ4n) is 0.868. The topological polar surface area (TPSA) is 48.8 Å². The highest BCUT2D eigenvalue weighted by Crippen LogP contribution is 1.98. The molecule has 56 valence electrons. The van der Waals surface area contributed by atoms with E-state index in [1.54, 1.807) is 0 Å². The fourth-order valence-corrected chi connectivity index (χ4v) is 0.868. The second kappa shape index (κ2) is 4.36. The summed E-state index contributed by atoms with van der Waals surface area (Å²) >= 11 is 0. The molecule has 0 N–H and O–H groups in total. The van der Waals surface area contributed by atoms with Crippen LogP contribution < -0.4 is 0 Å². The van der Waals surface area contributed by atoms with Crippen molar-refractivity contribution in [2.24, 2.45) is 5.11 Å². The second-order valence-corrected chi connectivity index (χ2v) is 2.19. The number of benzene rings is 1. The molecule has 0 unspecified atom stereocenters. The Morgan fingerprint density at radius 2 is 2.00 bits per heavy atom. The Morgan fingerprint density at radius 1 is 1.27 bits per heavy atom. The molecule has 0 aromatic heterocycles. The zero-order valence-corrected chi connectivity index (χ0v) is 6.14. The normalized spacial score (nSPS) is 8.73. The molecule has 0 aliphatic heterocycles. The van der Waals surface area contributed by atoms with Crippen LogP contribution in [0.1, 0.15) is 5.56 Å². The van der Waals surface area contributed by atoms with Gasteiger partial charge in [0.2, 0.25) is 0 Å². The van der Waals surface area contributed by atoms with Gasteiger partial charge >= 0.3 is 0 Å². The van der Waals surface area contributed by atoms with Gasteiger partial charge < -0.3 is 0 Å². The van der Waals surface area contributed by atoms with Crippen LogP contribution in [0.5, 0.6) is 0 Å². The van der Waals surface area contributed by atoms with Gasteiger partial charge in [-0.1, -0.05) is 35.4 Å². The van der Waals surface area contributed by atoms with E-state index in [2.05, 4.69) is 10.0 Å². The Morgan fingerprint density at radius 3 is 2.64 bits per heavy atom. The summed E-state index contributed by atoms with van der Waals surface area (Å²) in [4.78, 5) is 2.68. The monoisotopic (exact) mass is 147 g/mol. The molecule has 0 radical (unpaired) electrons. The molecule has 3 heteroatoms. The summed E-state index contributed by atoms with van der Waals surface area (Å²) in [5, 5.41) is 3.45. The van der Waals surface area contributed by atoms with E-state index in [1.807, 2.05) is 30.3 Å². The summed E-state index contributed by atoms with van der Waals surface area (Å²) in [6.45, 7) is 0.542. The van der Waals surface area contributed by atoms with Gasteiger partial charge in [0.1, 0.15) is 0 Å². The summed E-state index contributed by atoms with van der Waals surface area (Å²) in [6.07, 6.45) is 0.824. The van der Waals surface area contributed by atoms with Crippen molar-refractivity contribution in [3.05, 3.63) is 46.3 Å². The highest BCUT2D eigenvalue weighted by molar-refractivity contribution is 5.14. The highest BCUT2D eigenvalue weighted by atomic mass is 15.1. The Bertz CT molecular complexity index is 249. The molecule has 0 saturated heterocycles. The van der Waals surface area contributed by atoms with Gasteiger partial charge in [0, 0.05) is 11.5 Å². The minimum Gasteiger partial charge on any atom is -0.0936 e. The van der Waals surface area contributed by atoms with Crippen molar-refractivity contribution < 1.29 is 0 Å². The maximum Gasteiger partial charge on any atom is 0.0298 e. The van der Waals surface area contributed by atoms with E-state index in [0.29, 0.717) is 6.54 Å². The standard InChI is InChI=1S/C8H9N3/c9-11-10-7-6-8-4-2-1-3-5-8/h1-5H,6-7H2. The molecule has 1 aromatic carbocycles. The van der Waals surface area contributed by atoms with Crippen molar-refractivity contribution >= 4 is 0 Å². The van der Waals surface area contributed by atoms with E-state index < -0.39 is 0 Å². The molecule has 0 aliphatic rings. The fraction of sp³-hybridized carbons (Fsp3) is 0.250. The number of nitrogens with zero attached hydrogens (tertiary/aromatic N) is 3. The third-order valence-electron chi connectivity index (χ3n) is 1.41. The first-order chi connectivity index (χ1) is 5.43. The molecule has 1 rings (SSSR count). The number of hydrogen-bond acceptors (Lipinski definition) is 1. The van der Waals surface area contributed by atoms with Crippen molar-refractivity contribution in [2.75, 3.05) is 6.54 Å². The number of azide groups is 1. The van der Waals surface area contributed by atoms with Gasteiger partial charge in [0.25, 0.3) is 0 Å². The van der Waals surface area contributed by atoms with E-state index in [0.717, 1.165) is 6.42 Å². The van der Waals surface area contributed by atoms with Crippen LogP contribution in [-0.4, -0.2) is 6.54 Å². The molecule has 0 bridgehead atoms. The lowest BCUT2D eigenvalue weighted by molar-refractivity contribution is 0.956. The van der Waals surface area contributed by atoms with Crippen molar-refractivity contribution in [2.45, 2.75) is 6.42 Å². The second-order valence-electron chi connectivity index (χ2n) is 2.19. The Hall–Kier alpha value is -1.47. The first-order valence-electron chi connectivity index (χ1n) is 3.48. The van der Waals surface area contributed by atoms with Crippen LogP contribution in [0.2, 0.25) is 0 Å². The lowest BCUT2D eigenvalue weighted by Crippen LogP contribution is -1.86. The van der Waals surface area contributed by atoms with Crippen molar-refractivity contribution in [3.8, 4) is 0 Å². The molecule has 0 atom stereocenters. The lowest BCUT2D eigenvalue weighted by Gasteiger charge is -1.93. The van der Waals surface area contributed by atoms with E-state index >= 15 is 0 Å². The number of hydrogen-bond donors (Lipinski definition) is 0. The number of rotatable bonds is 3. The predicted molar refractivity (Wildman–Crippen MR) is 44.2 cm³/mol. The third kappa shape index (κ3) is 2.74. The minimum atomic E-state index is 0.542. The van der Waals surface area contributed by atoms with Crippen LogP contribution in [-0.2, 0) is 6.42 Å². The molecule has 0 heterocycles. The van der Waals surface area contributed by atoms with Crippen molar-refractivity contribution in [1.29, 1.82) is 0 Å². The van der Waals surface area contributed by atoms with Gasteiger partial charge in [0.15, 0.2) is 0 Å². The van der Waals surface area contributed by atoms with Crippen LogP contribution in [0.3, 0.4) is 0 Å². The molecular weight excluding hydrogens is 138 g/mol.